The van der Waals surface area contributed by atoms with Crippen molar-refractivity contribution >= 4 is 0 Å². The highest BCUT2D eigenvalue weighted by atomic mass is 16.5. The number of nitrogens with zero attached hydrogens (tertiary/aromatic N) is 2. The third kappa shape index (κ3) is 4.53. The first-order valence-corrected chi connectivity index (χ1v) is 7.81. The zero-order valence-electron chi connectivity index (χ0n) is 14.2. The molecular weight excluding hydrogens is 296 g/mol. The molecule has 0 N–H and O–H groups in total. The Morgan fingerprint density at radius 3 is 1.96 bits per heavy atom. The summed E-state index contributed by atoms with van der Waals surface area (Å²) < 4.78 is 13.8. The Bertz CT molecular complexity index is 645. The molecule has 0 amide bonds. The van der Waals surface area contributed by atoms with Gasteiger partial charge in [0, 0.05) is 11.8 Å². The van der Waals surface area contributed by atoms with Crippen molar-refractivity contribution in [2.24, 2.45) is 0 Å². The SMILES string of the molecule is C=CCOC(CC)n1c(C)cc(=O)n(C(CC)OCC=C)c1=O. The van der Waals surface area contributed by atoms with E-state index in [1.165, 1.54) is 10.6 Å². The van der Waals surface area contributed by atoms with Gasteiger partial charge in [-0.1, -0.05) is 26.0 Å². The van der Waals surface area contributed by atoms with Crippen LogP contribution in [0, 0.1) is 6.92 Å². The quantitative estimate of drug-likeness (QED) is 0.621. The Morgan fingerprint density at radius 1 is 1.04 bits per heavy atom. The maximum Gasteiger partial charge on any atom is 0.335 e. The Kier molecular flexibility index (Phi) is 7.71. The van der Waals surface area contributed by atoms with E-state index in [0.717, 1.165) is 4.57 Å². The third-order valence-corrected chi connectivity index (χ3v) is 3.45. The normalized spacial score (nSPS) is 13.5. The second-order valence-electron chi connectivity index (χ2n) is 5.12. The Morgan fingerprint density at radius 2 is 1.52 bits per heavy atom. The molecule has 0 bridgehead atoms. The van der Waals surface area contributed by atoms with Gasteiger partial charge in [0.25, 0.3) is 5.56 Å². The van der Waals surface area contributed by atoms with E-state index in [-0.39, 0.29) is 12.2 Å². The van der Waals surface area contributed by atoms with Crippen LogP contribution in [-0.4, -0.2) is 22.3 Å². The molecule has 0 saturated heterocycles. The minimum absolute atomic E-state index is 0.266. The van der Waals surface area contributed by atoms with Crippen molar-refractivity contribution in [2.75, 3.05) is 13.2 Å². The van der Waals surface area contributed by atoms with E-state index in [4.69, 9.17) is 9.47 Å². The molecule has 2 atom stereocenters. The lowest BCUT2D eigenvalue weighted by Crippen LogP contribution is -2.45. The van der Waals surface area contributed by atoms with Crippen molar-refractivity contribution in [2.45, 2.75) is 46.1 Å². The number of ether oxygens (including phenoxy) is 2. The lowest BCUT2D eigenvalue weighted by atomic mass is 10.3. The largest absolute Gasteiger partial charge is 0.354 e. The molecule has 0 aliphatic carbocycles. The van der Waals surface area contributed by atoms with E-state index >= 15 is 0 Å². The molecule has 6 heteroatoms. The van der Waals surface area contributed by atoms with E-state index in [1.54, 1.807) is 19.1 Å². The van der Waals surface area contributed by atoms with Crippen LogP contribution in [0.5, 0.6) is 0 Å². The van der Waals surface area contributed by atoms with Crippen LogP contribution in [-0.2, 0) is 9.47 Å². The molecule has 1 aromatic rings. The highest BCUT2D eigenvalue weighted by Crippen LogP contribution is 2.14. The number of aryl methyl sites for hydroxylation is 1. The summed E-state index contributed by atoms with van der Waals surface area (Å²) in [6.45, 7) is 13.3. The summed E-state index contributed by atoms with van der Waals surface area (Å²) in [5, 5.41) is 0. The number of rotatable bonds is 10. The second-order valence-corrected chi connectivity index (χ2v) is 5.12. The van der Waals surface area contributed by atoms with Crippen LogP contribution in [0.4, 0.5) is 0 Å². The van der Waals surface area contributed by atoms with Crippen LogP contribution in [0.25, 0.3) is 0 Å². The third-order valence-electron chi connectivity index (χ3n) is 3.45. The van der Waals surface area contributed by atoms with Gasteiger partial charge in [-0.15, -0.1) is 13.2 Å². The van der Waals surface area contributed by atoms with E-state index in [1.807, 2.05) is 13.8 Å². The molecule has 128 valence electrons. The van der Waals surface area contributed by atoms with Crippen molar-refractivity contribution in [1.82, 2.24) is 9.13 Å². The van der Waals surface area contributed by atoms with E-state index in [9.17, 15) is 9.59 Å². The first-order valence-electron chi connectivity index (χ1n) is 7.81. The fraction of sp³-hybridized carbons (Fsp3) is 0.529. The van der Waals surface area contributed by atoms with Crippen molar-refractivity contribution in [3.63, 3.8) is 0 Å². The van der Waals surface area contributed by atoms with Gasteiger partial charge in [-0.3, -0.25) is 9.36 Å². The lowest BCUT2D eigenvalue weighted by Gasteiger charge is -2.24. The average Bonchev–Trinajstić information content (AvgIpc) is 2.53. The highest BCUT2D eigenvalue weighted by Gasteiger charge is 2.21. The lowest BCUT2D eigenvalue weighted by molar-refractivity contribution is -0.00683. The van der Waals surface area contributed by atoms with Gasteiger partial charge in [-0.05, 0) is 19.8 Å². The number of aromatic nitrogens is 2. The first kappa shape index (κ1) is 19.1. The predicted molar refractivity (Wildman–Crippen MR) is 90.7 cm³/mol. The molecule has 0 spiro atoms. The molecular formula is C17H26N2O4. The van der Waals surface area contributed by atoms with Gasteiger partial charge in [0.2, 0.25) is 0 Å². The molecule has 0 radical (unpaired) electrons. The summed E-state index contributed by atoms with van der Waals surface area (Å²) in [5.41, 5.74) is -0.245. The monoisotopic (exact) mass is 322 g/mol. The van der Waals surface area contributed by atoms with Crippen LogP contribution in [0.2, 0.25) is 0 Å². The summed E-state index contributed by atoms with van der Waals surface area (Å²) in [4.78, 5) is 25.1. The molecule has 0 aromatic carbocycles. The maximum atomic E-state index is 12.9. The summed E-state index contributed by atoms with van der Waals surface area (Å²) >= 11 is 0. The summed E-state index contributed by atoms with van der Waals surface area (Å²) in [6, 6.07) is 1.43. The van der Waals surface area contributed by atoms with E-state index < -0.39 is 18.1 Å². The zero-order valence-corrected chi connectivity index (χ0v) is 14.2. The van der Waals surface area contributed by atoms with Crippen molar-refractivity contribution < 1.29 is 9.47 Å². The van der Waals surface area contributed by atoms with Gasteiger partial charge in [0.15, 0.2) is 0 Å². The smallest absolute Gasteiger partial charge is 0.335 e. The minimum atomic E-state index is -0.628. The Hall–Kier alpha value is -1.92. The zero-order chi connectivity index (χ0) is 17.4. The summed E-state index contributed by atoms with van der Waals surface area (Å²) in [7, 11) is 0. The summed E-state index contributed by atoms with van der Waals surface area (Å²) in [6.07, 6.45) is 3.22. The van der Waals surface area contributed by atoms with Crippen LogP contribution < -0.4 is 11.2 Å². The molecule has 0 aliphatic rings. The van der Waals surface area contributed by atoms with Gasteiger partial charge >= 0.3 is 5.69 Å². The molecule has 6 nitrogen and oxygen atoms in total. The van der Waals surface area contributed by atoms with Gasteiger partial charge in [0.05, 0.1) is 13.2 Å². The molecule has 0 aliphatic heterocycles. The molecule has 1 rings (SSSR count). The predicted octanol–water partition coefficient (Wildman–Crippen LogP) is 2.54. The number of hydrogen-bond donors (Lipinski definition) is 0. The molecule has 1 heterocycles. The topological polar surface area (TPSA) is 62.5 Å². The van der Waals surface area contributed by atoms with E-state index in [2.05, 4.69) is 13.2 Å². The molecule has 23 heavy (non-hydrogen) atoms. The Labute approximate surface area is 136 Å². The number of hydrogen-bond acceptors (Lipinski definition) is 4. The summed E-state index contributed by atoms with van der Waals surface area (Å²) in [5.74, 6) is 0. The van der Waals surface area contributed by atoms with Gasteiger partial charge in [0.1, 0.15) is 12.5 Å². The fourth-order valence-electron chi connectivity index (χ4n) is 2.40. The molecule has 0 saturated carbocycles. The van der Waals surface area contributed by atoms with Gasteiger partial charge < -0.3 is 9.47 Å². The first-order chi connectivity index (χ1) is 11.0. The van der Waals surface area contributed by atoms with Crippen LogP contribution in [0.3, 0.4) is 0 Å². The minimum Gasteiger partial charge on any atom is -0.354 e. The van der Waals surface area contributed by atoms with E-state index in [0.29, 0.717) is 25.1 Å². The van der Waals surface area contributed by atoms with Crippen LogP contribution >= 0.6 is 0 Å². The van der Waals surface area contributed by atoms with Crippen molar-refractivity contribution in [1.29, 1.82) is 0 Å². The molecule has 2 unspecified atom stereocenters. The average molecular weight is 322 g/mol. The molecule has 0 fully saturated rings. The van der Waals surface area contributed by atoms with Crippen molar-refractivity contribution in [3.05, 3.63) is 57.9 Å². The van der Waals surface area contributed by atoms with Crippen molar-refractivity contribution in [3.8, 4) is 0 Å². The highest BCUT2D eigenvalue weighted by molar-refractivity contribution is 5.01. The van der Waals surface area contributed by atoms with Gasteiger partial charge in [-0.2, -0.15) is 0 Å². The Balaban J connectivity index is 3.41. The maximum absolute atomic E-state index is 12.9. The standard InChI is InChI=1S/C17H26N2O4/c1-6-10-22-15(8-3)18-13(5)12-14(20)19(17(18)21)16(9-4)23-11-7-2/h6-7,12,15-16H,1-2,8-11H2,3-5H3. The fourth-order valence-corrected chi connectivity index (χ4v) is 2.40. The van der Waals surface area contributed by atoms with Gasteiger partial charge in [-0.25, -0.2) is 9.36 Å². The second kappa shape index (κ2) is 9.27. The van der Waals surface area contributed by atoms with Crippen LogP contribution in [0.15, 0.2) is 41.0 Å². The van der Waals surface area contributed by atoms with Crippen LogP contribution in [0.1, 0.15) is 44.8 Å². The molecule has 1 aromatic heterocycles.